The van der Waals surface area contributed by atoms with Crippen LogP contribution in [-0.4, -0.2) is 17.1 Å². The average Bonchev–Trinajstić information content (AvgIpc) is 2.49. The topological polar surface area (TPSA) is 65.2 Å². The van der Waals surface area contributed by atoms with Crippen LogP contribution in [0.25, 0.3) is 0 Å². The van der Waals surface area contributed by atoms with Gasteiger partial charge in [-0.05, 0) is 13.8 Å². The lowest BCUT2D eigenvalue weighted by molar-refractivity contribution is -0.213. The zero-order valence-corrected chi connectivity index (χ0v) is 9.28. The maximum absolute atomic E-state index is 12.0. The van der Waals surface area contributed by atoms with Gasteiger partial charge in [-0.25, -0.2) is 9.78 Å². The first-order valence-corrected chi connectivity index (χ1v) is 4.96. The van der Waals surface area contributed by atoms with Crippen molar-refractivity contribution >= 4 is 17.3 Å². The van der Waals surface area contributed by atoms with Gasteiger partial charge in [0.2, 0.25) is 5.72 Å². The van der Waals surface area contributed by atoms with Gasteiger partial charge in [0, 0.05) is 11.1 Å². The summed E-state index contributed by atoms with van der Waals surface area (Å²) in [5.41, 5.74) is 3.58. The molecule has 1 unspecified atom stereocenters. The SMILES string of the molecule is Cc1cnc(C(C)(N)OC(=O)C(F)(F)F)s1. The summed E-state index contributed by atoms with van der Waals surface area (Å²) in [7, 11) is 0. The van der Waals surface area contributed by atoms with Gasteiger partial charge in [0.1, 0.15) is 0 Å². The van der Waals surface area contributed by atoms with E-state index >= 15 is 0 Å². The minimum Gasteiger partial charge on any atom is -0.431 e. The lowest BCUT2D eigenvalue weighted by atomic mass is 10.3. The second kappa shape index (κ2) is 4.02. The van der Waals surface area contributed by atoms with Crippen LogP contribution in [0.4, 0.5) is 13.2 Å². The van der Waals surface area contributed by atoms with Crippen LogP contribution in [0, 0.1) is 6.92 Å². The monoisotopic (exact) mass is 254 g/mol. The Morgan fingerprint density at radius 3 is 2.50 bits per heavy atom. The number of nitrogens with two attached hydrogens (primary N) is 1. The molecule has 8 heteroatoms. The Bertz CT molecular complexity index is 400. The van der Waals surface area contributed by atoms with Crippen LogP contribution in [0.5, 0.6) is 0 Å². The van der Waals surface area contributed by atoms with Gasteiger partial charge in [-0.1, -0.05) is 0 Å². The Morgan fingerprint density at radius 1 is 1.56 bits per heavy atom. The third-order valence-electron chi connectivity index (χ3n) is 1.58. The second-order valence-electron chi connectivity index (χ2n) is 3.27. The number of hydrogen-bond donors (Lipinski definition) is 1. The van der Waals surface area contributed by atoms with Gasteiger partial charge in [-0.2, -0.15) is 13.2 Å². The summed E-state index contributed by atoms with van der Waals surface area (Å²) in [4.78, 5) is 15.1. The maximum atomic E-state index is 12.0. The first-order valence-electron chi connectivity index (χ1n) is 4.15. The van der Waals surface area contributed by atoms with Crippen molar-refractivity contribution in [2.24, 2.45) is 5.73 Å². The Balaban J connectivity index is 2.84. The van der Waals surface area contributed by atoms with Gasteiger partial charge in [0.15, 0.2) is 5.01 Å². The van der Waals surface area contributed by atoms with E-state index in [2.05, 4.69) is 9.72 Å². The molecule has 2 N–H and O–H groups in total. The van der Waals surface area contributed by atoms with Gasteiger partial charge in [-0.15, -0.1) is 11.3 Å². The van der Waals surface area contributed by atoms with Crippen LogP contribution >= 0.6 is 11.3 Å². The van der Waals surface area contributed by atoms with E-state index in [9.17, 15) is 18.0 Å². The first-order chi connectivity index (χ1) is 7.13. The fraction of sp³-hybridized carbons (Fsp3) is 0.500. The highest BCUT2D eigenvalue weighted by Gasteiger charge is 2.45. The van der Waals surface area contributed by atoms with Crippen molar-refractivity contribution in [3.63, 3.8) is 0 Å². The highest BCUT2D eigenvalue weighted by atomic mass is 32.1. The highest BCUT2D eigenvalue weighted by molar-refractivity contribution is 7.11. The van der Waals surface area contributed by atoms with Crippen molar-refractivity contribution in [3.05, 3.63) is 16.1 Å². The number of aryl methyl sites for hydroxylation is 1. The number of halogens is 3. The summed E-state index contributed by atoms with van der Waals surface area (Å²) < 4.78 is 40.0. The number of thiazole rings is 1. The molecule has 0 aliphatic rings. The van der Waals surface area contributed by atoms with E-state index in [-0.39, 0.29) is 5.01 Å². The fourth-order valence-electron chi connectivity index (χ4n) is 0.878. The largest absolute Gasteiger partial charge is 0.491 e. The number of rotatable bonds is 2. The molecule has 1 rings (SSSR count). The molecule has 0 bridgehead atoms. The van der Waals surface area contributed by atoms with Gasteiger partial charge in [-0.3, -0.25) is 5.73 Å². The number of aromatic nitrogens is 1. The summed E-state index contributed by atoms with van der Waals surface area (Å²) in [6.07, 6.45) is -3.63. The molecule has 1 heterocycles. The average molecular weight is 254 g/mol. The predicted molar refractivity (Wildman–Crippen MR) is 50.5 cm³/mol. The van der Waals surface area contributed by atoms with Crippen LogP contribution in [0.15, 0.2) is 6.20 Å². The number of carbonyl (C=O) groups is 1. The van der Waals surface area contributed by atoms with Crippen LogP contribution < -0.4 is 5.73 Å². The zero-order chi connectivity index (χ0) is 12.6. The van der Waals surface area contributed by atoms with Crippen molar-refractivity contribution in [3.8, 4) is 0 Å². The minimum atomic E-state index is -5.06. The lowest BCUT2D eigenvalue weighted by Gasteiger charge is -2.22. The fourth-order valence-corrected chi connectivity index (χ4v) is 1.64. The summed E-state index contributed by atoms with van der Waals surface area (Å²) in [5.74, 6) is -2.33. The molecule has 1 aromatic rings. The predicted octanol–water partition coefficient (Wildman–Crippen LogP) is 1.69. The summed E-state index contributed by atoms with van der Waals surface area (Å²) in [6, 6.07) is 0. The van der Waals surface area contributed by atoms with Crippen molar-refractivity contribution in [2.45, 2.75) is 25.7 Å². The van der Waals surface area contributed by atoms with Gasteiger partial charge < -0.3 is 4.74 Å². The molecule has 0 saturated carbocycles. The molecule has 1 atom stereocenters. The molecular weight excluding hydrogens is 245 g/mol. The standard InChI is InChI=1S/C8H9F3N2O2S/c1-4-3-13-5(16-4)7(2,12)15-6(14)8(9,10)11/h3H,12H2,1-2H3. The third-order valence-corrected chi connectivity index (χ3v) is 2.71. The summed E-state index contributed by atoms with van der Waals surface area (Å²) in [6.45, 7) is 2.86. The van der Waals surface area contributed by atoms with E-state index in [1.165, 1.54) is 6.20 Å². The summed E-state index contributed by atoms with van der Waals surface area (Å²) >= 11 is 1.07. The van der Waals surface area contributed by atoms with Crippen LogP contribution in [0.1, 0.15) is 16.8 Å². The molecule has 0 amide bonds. The molecule has 16 heavy (non-hydrogen) atoms. The second-order valence-corrected chi connectivity index (χ2v) is 4.51. The number of ether oxygens (including phenoxy) is 1. The van der Waals surface area contributed by atoms with E-state index in [1.54, 1.807) is 6.92 Å². The lowest BCUT2D eigenvalue weighted by Crippen LogP contribution is -2.42. The Labute approximate surface area is 93.2 Å². The molecular formula is C8H9F3N2O2S. The molecule has 0 saturated heterocycles. The van der Waals surface area contributed by atoms with E-state index in [1.807, 2.05) is 0 Å². The summed E-state index contributed by atoms with van der Waals surface area (Å²) in [5, 5.41) is 0.114. The van der Waals surface area contributed by atoms with Crippen LogP contribution in [-0.2, 0) is 15.3 Å². The molecule has 0 aliphatic heterocycles. The van der Waals surface area contributed by atoms with E-state index < -0.39 is 17.9 Å². The van der Waals surface area contributed by atoms with Crippen molar-refractivity contribution < 1.29 is 22.7 Å². The van der Waals surface area contributed by atoms with E-state index in [4.69, 9.17) is 5.73 Å². The third kappa shape index (κ3) is 2.92. The van der Waals surface area contributed by atoms with Crippen LogP contribution in [0.3, 0.4) is 0 Å². The van der Waals surface area contributed by atoms with Gasteiger partial charge in [0.25, 0.3) is 0 Å². The number of alkyl halides is 3. The maximum Gasteiger partial charge on any atom is 0.491 e. The molecule has 4 nitrogen and oxygen atoms in total. The first kappa shape index (κ1) is 12.9. The number of carbonyl (C=O) groups excluding carboxylic acids is 1. The molecule has 0 fully saturated rings. The zero-order valence-electron chi connectivity index (χ0n) is 8.46. The number of hydrogen-bond acceptors (Lipinski definition) is 5. The van der Waals surface area contributed by atoms with E-state index in [0.717, 1.165) is 23.1 Å². The Hall–Kier alpha value is -1.15. The molecule has 0 radical (unpaired) electrons. The van der Waals surface area contributed by atoms with Crippen LogP contribution in [0.2, 0.25) is 0 Å². The molecule has 0 aromatic carbocycles. The van der Waals surface area contributed by atoms with Crippen molar-refractivity contribution in [1.29, 1.82) is 0 Å². The molecule has 1 aromatic heterocycles. The minimum absolute atomic E-state index is 0.114. The number of nitrogens with zero attached hydrogens (tertiary/aromatic N) is 1. The Morgan fingerprint density at radius 2 is 2.12 bits per heavy atom. The quantitative estimate of drug-likeness (QED) is 0.644. The van der Waals surface area contributed by atoms with Crippen molar-refractivity contribution in [1.82, 2.24) is 4.98 Å². The Kier molecular flexibility index (Phi) is 3.25. The molecule has 90 valence electrons. The van der Waals surface area contributed by atoms with Gasteiger partial charge in [0.05, 0.1) is 0 Å². The molecule has 0 aliphatic carbocycles. The van der Waals surface area contributed by atoms with Gasteiger partial charge >= 0.3 is 12.1 Å². The van der Waals surface area contributed by atoms with E-state index in [0.29, 0.717) is 0 Å². The molecule has 0 spiro atoms. The normalized spacial score (nSPS) is 15.6. The number of esters is 1. The highest BCUT2D eigenvalue weighted by Crippen LogP contribution is 2.27. The smallest absolute Gasteiger partial charge is 0.431 e. The van der Waals surface area contributed by atoms with Crippen molar-refractivity contribution in [2.75, 3.05) is 0 Å².